The van der Waals surface area contributed by atoms with E-state index in [1.165, 1.54) is 0 Å². The first kappa shape index (κ1) is 21.9. The van der Waals surface area contributed by atoms with Crippen molar-refractivity contribution < 1.29 is 14.3 Å². The number of carbonyl (C=O) groups excluding carboxylic acids is 1. The van der Waals surface area contributed by atoms with Crippen molar-refractivity contribution in [1.29, 1.82) is 0 Å². The molecule has 3 aromatic carbocycles. The number of aromatic nitrogens is 1. The van der Waals surface area contributed by atoms with Crippen molar-refractivity contribution in [3.8, 4) is 22.7 Å². The summed E-state index contributed by atoms with van der Waals surface area (Å²) in [4.78, 5) is 12.5. The van der Waals surface area contributed by atoms with Gasteiger partial charge >= 0.3 is 5.97 Å². The van der Waals surface area contributed by atoms with E-state index in [0.29, 0.717) is 18.8 Å². The van der Waals surface area contributed by atoms with E-state index < -0.39 is 6.10 Å². The lowest BCUT2D eigenvalue weighted by atomic mass is 10.1. The highest BCUT2D eigenvalue weighted by atomic mass is 79.9. The Morgan fingerprint density at radius 1 is 0.906 bits per heavy atom. The molecule has 5 heteroatoms. The van der Waals surface area contributed by atoms with Gasteiger partial charge in [-0.1, -0.05) is 58.4 Å². The van der Waals surface area contributed by atoms with Crippen LogP contribution in [0.5, 0.6) is 5.75 Å². The van der Waals surface area contributed by atoms with Gasteiger partial charge in [0.2, 0.25) is 0 Å². The van der Waals surface area contributed by atoms with Gasteiger partial charge in [0, 0.05) is 22.8 Å². The van der Waals surface area contributed by atoms with Crippen LogP contribution in [0, 0.1) is 0 Å². The van der Waals surface area contributed by atoms with Gasteiger partial charge in [-0.05, 0) is 66.6 Å². The number of nitrogens with zero attached hydrogens (tertiary/aromatic N) is 1. The summed E-state index contributed by atoms with van der Waals surface area (Å²) in [7, 11) is 0. The molecular weight excluding hydrogens is 466 g/mol. The van der Waals surface area contributed by atoms with Crippen LogP contribution in [0.3, 0.4) is 0 Å². The number of esters is 1. The zero-order valence-corrected chi connectivity index (χ0v) is 19.4. The average molecular weight is 490 g/mol. The minimum atomic E-state index is -0.701. The van der Waals surface area contributed by atoms with Gasteiger partial charge in [0.25, 0.3) is 0 Å². The second-order valence-corrected chi connectivity index (χ2v) is 8.23. The Morgan fingerprint density at radius 3 is 2.31 bits per heavy atom. The lowest BCUT2D eigenvalue weighted by Crippen LogP contribution is -2.31. The molecule has 0 saturated carbocycles. The molecule has 1 heterocycles. The molecule has 0 unspecified atom stereocenters. The van der Waals surface area contributed by atoms with E-state index in [1.807, 2.05) is 79.0 Å². The number of halogens is 1. The summed E-state index contributed by atoms with van der Waals surface area (Å²) in [6, 6.07) is 29.9. The molecule has 4 aromatic rings. The third kappa shape index (κ3) is 5.29. The number of hydrogen-bond donors (Lipinski definition) is 0. The van der Waals surface area contributed by atoms with E-state index in [2.05, 4.69) is 38.7 Å². The molecule has 32 heavy (non-hydrogen) atoms. The maximum Gasteiger partial charge on any atom is 0.347 e. The minimum Gasteiger partial charge on any atom is -0.478 e. The highest BCUT2D eigenvalue weighted by Gasteiger charge is 2.22. The summed E-state index contributed by atoms with van der Waals surface area (Å²) in [6.45, 7) is 2.12. The molecule has 0 radical (unpaired) electrons. The van der Waals surface area contributed by atoms with Crippen LogP contribution in [0.2, 0.25) is 0 Å². The van der Waals surface area contributed by atoms with Gasteiger partial charge in [0.05, 0.1) is 12.3 Å². The highest BCUT2D eigenvalue weighted by Crippen LogP contribution is 2.27. The van der Waals surface area contributed by atoms with Crippen molar-refractivity contribution in [3.63, 3.8) is 0 Å². The van der Waals surface area contributed by atoms with Gasteiger partial charge in [-0.15, -0.1) is 0 Å². The van der Waals surface area contributed by atoms with Gasteiger partial charge in [0.1, 0.15) is 5.75 Å². The molecule has 162 valence electrons. The van der Waals surface area contributed by atoms with Crippen LogP contribution < -0.4 is 4.74 Å². The molecule has 0 aliphatic rings. The lowest BCUT2D eigenvalue weighted by Gasteiger charge is -2.18. The summed E-state index contributed by atoms with van der Waals surface area (Å²) in [6.07, 6.45) is 1.78. The number of benzene rings is 3. The third-order valence-corrected chi connectivity index (χ3v) is 5.62. The van der Waals surface area contributed by atoms with Crippen LogP contribution in [0.15, 0.2) is 102 Å². The molecule has 0 amide bonds. The van der Waals surface area contributed by atoms with E-state index in [0.717, 1.165) is 27.0 Å². The predicted molar refractivity (Wildman–Crippen MR) is 130 cm³/mol. The van der Waals surface area contributed by atoms with E-state index in [9.17, 15) is 4.79 Å². The summed E-state index contributed by atoms with van der Waals surface area (Å²) >= 11 is 3.49. The maximum absolute atomic E-state index is 12.5. The van der Waals surface area contributed by atoms with Crippen LogP contribution >= 0.6 is 15.9 Å². The molecule has 4 nitrogen and oxygen atoms in total. The van der Waals surface area contributed by atoms with Crippen LogP contribution in [0.4, 0.5) is 0 Å². The summed E-state index contributed by atoms with van der Waals surface area (Å²) in [5, 5.41) is 0. The SMILES string of the molecule is CCOC(=O)[C@@H](Cc1ccccc1)Oc1ccc(-n2cccc2-c2ccc(Br)cc2)cc1. The van der Waals surface area contributed by atoms with E-state index in [4.69, 9.17) is 9.47 Å². The number of ether oxygens (including phenoxy) is 2. The smallest absolute Gasteiger partial charge is 0.347 e. The topological polar surface area (TPSA) is 40.5 Å². The largest absolute Gasteiger partial charge is 0.478 e. The molecule has 4 rings (SSSR count). The molecule has 0 bridgehead atoms. The fourth-order valence-corrected chi connectivity index (χ4v) is 3.81. The van der Waals surface area contributed by atoms with Crippen molar-refractivity contribution in [2.75, 3.05) is 6.61 Å². The van der Waals surface area contributed by atoms with Gasteiger partial charge in [-0.25, -0.2) is 4.79 Å². The number of hydrogen-bond acceptors (Lipinski definition) is 3. The highest BCUT2D eigenvalue weighted by molar-refractivity contribution is 9.10. The van der Waals surface area contributed by atoms with Crippen molar-refractivity contribution in [2.45, 2.75) is 19.4 Å². The van der Waals surface area contributed by atoms with Crippen molar-refractivity contribution in [1.82, 2.24) is 4.57 Å². The Balaban J connectivity index is 1.53. The second kappa shape index (κ2) is 10.3. The fraction of sp³-hybridized carbons (Fsp3) is 0.148. The standard InChI is InChI=1S/C27H24BrNO3/c1-2-31-27(30)26(19-20-7-4-3-5-8-20)32-24-16-14-23(15-17-24)29-18-6-9-25(29)21-10-12-22(28)13-11-21/h3-18,26H,2,19H2,1H3/t26-/m1/s1. The molecule has 0 spiro atoms. The van der Waals surface area contributed by atoms with Crippen molar-refractivity contribution in [2.24, 2.45) is 0 Å². The quantitative estimate of drug-likeness (QED) is 0.266. The number of rotatable bonds is 8. The predicted octanol–water partition coefficient (Wildman–Crippen LogP) is 6.46. The Morgan fingerprint density at radius 2 is 1.62 bits per heavy atom. The van der Waals surface area contributed by atoms with Gasteiger partial charge < -0.3 is 14.0 Å². The molecule has 0 N–H and O–H groups in total. The first-order valence-electron chi connectivity index (χ1n) is 10.5. The first-order valence-corrected chi connectivity index (χ1v) is 11.3. The fourth-order valence-electron chi connectivity index (χ4n) is 3.55. The zero-order chi connectivity index (χ0) is 22.3. The second-order valence-electron chi connectivity index (χ2n) is 7.31. The van der Waals surface area contributed by atoms with Crippen LogP contribution in [0.25, 0.3) is 16.9 Å². The average Bonchev–Trinajstić information content (AvgIpc) is 3.30. The Hall–Kier alpha value is -3.31. The summed E-state index contributed by atoms with van der Waals surface area (Å²) < 4.78 is 14.5. The van der Waals surface area contributed by atoms with E-state index >= 15 is 0 Å². The summed E-state index contributed by atoms with van der Waals surface area (Å²) in [5.41, 5.74) is 4.26. The molecule has 1 aromatic heterocycles. The molecule has 0 aliphatic heterocycles. The molecule has 0 aliphatic carbocycles. The summed E-state index contributed by atoms with van der Waals surface area (Å²) in [5.74, 6) is 0.267. The van der Waals surface area contributed by atoms with E-state index in [1.54, 1.807) is 6.92 Å². The van der Waals surface area contributed by atoms with Crippen LogP contribution in [-0.4, -0.2) is 23.2 Å². The Labute approximate surface area is 196 Å². The van der Waals surface area contributed by atoms with Gasteiger partial charge in [0.15, 0.2) is 6.10 Å². The molecular formula is C27H24BrNO3. The minimum absolute atomic E-state index is 0.318. The van der Waals surface area contributed by atoms with Crippen LogP contribution in [-0.2, 0) is 16.0 Å². The van der Waals surface area contributed by atoms with Crippen molar-refractivity contribution >= 4 is 21.9 Å². The van der Waals surface area contributed by atoms with Crippen molar-refractivity contribution in [3.05, 3.63) is 107 Å². The Bertz CT molecular complexity index is 1150. The molecule has 1 atom stereocenters. The monoisotopic (exact) mass is 489 g/mol. The third-order valence-electron chi connectivity index (χ3n) is 5.10. The maximum atomic E-state index is 12.5. The lowest BCUT2D eigenvalue weighted by molar-refractivity contribution is -0.151. The molecule has 0 saturated heterocycles. The van der Waals surface area contributed by atoms with Crippen LogP contribution in [0.1, 0.15) is 12.5 Å². The van der Waals surface area contributed by atoms with E-state index in [-0.39, 0.29) is 5.97 Å². The normalized spacial score (nSPS) is 11.7. The van der Waals surface area contributed by atoms with Gasteiger partial charge in [-0.3, -0.25) is 0 Å². The number of carbonyl (C=O) groups is 1. The van der Waals surface area contributed by atoms with Gasteiger partial charge in [-0.2, -0.15) is 0 Å². The Kier molecular flexibility index (Phi) is 7.07. The molecule has 0 fully saturated rings. The first-order chi connectivity index (χ1) is 15.6. The zero-order valence-electron chi connectivity index (χ0n) is 17.8.